The van der Waals surface area contributed by atoms with Crippen LogP contribution in [0.2, 0.25) is 0 Å². The Labute approximate surface area is 91.3 Å². The Bertz CT molecular complexity index is 579. The molecule has 16 heavy (non-hydrogen) atoms. The Morgan fingerprint density at radius 3 is 2.81 bits per heavy atom. The average molecular weight is 240 g/mol. The van der Waals surface area contributed by atoms with Gasteiger partial charge in [0.1, 0.15) is 12.1 Å². The van der Waals surface area contributed by atoms with Gasteiger partial charge >= 0.3 is 0 Å². The largest absolute Gasteiger partial charge is 0.384 e. The lowest BCUT2D eigenvalue weighted by atomic mass is 10.5. The Kier molecular flexibility index (Phi) is 2.49. The molecule has 0 saturated heterocycles. The van der Waals surface area contributed by atoms with E-state index in [9.17, 15) is 8.42 Å². The SMILES string of the molecule is Nc1cc(S(=O)(=O)Nc2ccon2)ccn1. The highest BCUT2D eigenvalue weighted by Crippen LogP contribution is 2.14. The molecule has 0 amide bonds. The van der Waals surface area contributed by atoms with Crippen LogP contribution in [0.1, 0.15) is 0 Å². The highest BCUT2D eigenvalue weighted by Gasteiger charge is 2.15. The van der Waals surface area contributed by atoms with E-state index in [1.807, 2.05) is 0 Å². The average Bonchev–Trinajstić information content (AvgIpc) is 2.70. The summed E-state index contributed by atoms with van der Waals surface area (Å²) in [5.74, 6) is 0.235. The fourth-order valence-corrected chi connectivity index (χ4v) is 2.07. The van der Waals surface area contributed by atoms with Crippen LogP contribution in [0, 0.1) is 0 Å². The van der Waals surface area contributed by atoms with Gasteiger partial charge < -0.3 is 10.3 Å². The lowest BCUT2D eigenvalue weighted by Crippen LogP contribution is -2.13. The second kappa shape index (κ2) is 3.81. The first-order chi connectivity index (χ1) is 7.58. The van der Waals surface area contributed by atoms with Crippen molar-refractivity contribution >= 4 is 21.7 Å². The minimum Gasteiger partial charge on any atom is -0.384 e. The van der Waals surface area contributed by atoms with Gasteiger partial charge in [-0.05, 0) is 6.07 Å². The number of aromatic nitrogens is 2. The summed E-state index contributed by atoms with van der Waals surface area (Å²) in [7, 11) is -3.70. The molecule has 7 nitrogen and oxygen atoms in total. The molecule has 84 valence electrons. The first-order valence-electron chi connectivity index (χ1n) is 4.23. The summed E-state index contributed by atoms with van der Waals surface area (Å²) in [6.45, 7) is 0. The van der Waals surface area contributed by atoms with Gasteiger partial charge in [0, 0.05) is 18.3 Å². The normalized spacial score (nSPS) is 11.2. The molecule has 2 aromatic rings. The molecular formula is C8H8N4O3S. The van der Waals surface area contributed by atoms with Gasteiger partial charge in [0.25, 0.3) is 10.0 Å². The number of pyridine rings is 1. The van der Waals surface area contributed by atoms with E-state index in [-0.39, 0.29) is 16.5 Å². The second-order valence-corrected chi connectivity index (χ2v) is 4.59. The molecule has 0 aliphatic carbocycles. The zero-order valence-electron chi connectivity index (χ0n) is 7.99. The summed E-state index contributed by atoms with van der Waals surface area (Å²) in [5, 5.41) is 3.44. The third-order valence-corrected chi connectivity index (χ3v) is 3.09. The third-order valence-electron chi connectivity index (χ3n) is 1.74. The first-order valence-corrected chi connectivity index (χ1v) is 5.71. The standard InChI is InChI=1S/C8H8N4O3S/c9-7-5-6(1-3-10-7)16(13,14)12-8-2-4-15-11-8/h1-5H,(H2,9,10)(H,11,12). The number of sulfonamides is 1. The highest BCUT2D eigenvalue weighted by molar-refractivity contribution is 7.92. The van der Waals surface area contributed by atoms with Gasteiger partial charge in [0.05, 0.1) is 4.90 Å². The van der Waals surface area contributed by atoms with Crippen LogP contribution in [0.4, 0.5) is 11.6 Å². The van der Waals surface area contributed by atoms with Gasteiger partial charge in [-0.1, -0.05) is 5.16 Å². The van der Waals surface area contributed by atoms with Crippen LogP contribution in [0.5, 0.6) is 0 Å². The van der Waals surface area contributed by atoms with Crippen LogP contribution in [0.3, 0.4) is 0 Å². The van der Waals surface area contributed by atoms with Gasteiger partial charge in [-0.15, -0.1) is 0 Å². The van der Waals surface area contributed by atoms with Crippen LogP contribution >= 0.6 is 0 Å². The minimum atomic E-state index is -3.70. The van der Waals surface area contributed by atoms with Gasteiger partial charge in [-0.2, -0.15) is 0 Å². The summed E-state index contributed by atoms with van der Waals surface area (Å²) >= 11 is 0. The maximum atomic E-state index is 11.8. The third kappa shape index (κ3) is 2.11. The Morgan fingerprint density at radius 2 is 2.19 bits per heavy atom. The van der Waals surface area contributed by atoms with Crippen molar-refractivity contribution in [2.24, 2.45) is 0 Å². The fourth-order valence-electron chi connectivity index (χ4n) is 1.06. The number of anilines is 2. The molecule has 0 saturated carbocycles. The monoisotopic (exact) mass is 240 g/mol. The molecule has 0 unspecified atom stereocenters. The molecular weight excluding hydrogens is 232 g/mol. The number of nitrogen functional groups attached to an aromatic ring is 1. The summed E-state index contributed by atoms with van der Waals surface area (Å²) in [6, 6.07) is 3.98. The van der Waals surface area contributed by atoms with Crippen LogP contribution in [-0.4, -0.2) is 18.6 Å². The minimum absolute atomic E-state index is 0.0167. The van der Waals surface area contributed by atoms with E-state index in [1.54, 1.807) is 0 Å². The van der Waals surface area contributed by atoms with Crippen molar-refractivity contribution < 1.29 is 12.9 Å². The maximum Gasteiger partial charge on any atom is 0.263 e. The van der Waals surface area contributed by atoms with Crippen molar-refractivity contribution in [2.75, 3.05) is 10.5 Å². The van der Waals surface area contributed by atoms with Crippen molar-refractivity contribution in [1.29, 1.82) is 0 Å². The fraction of sp³-hybridized carbons (Fsp3) is 0. The van der Waals surface area contributed by atoms with Gasteiger partial charge in [0.2, 0.25) is 0 Å². The smallest absolute Gasteiger partial charge is 0.263 e. The lowest BCUT2D eigenvalue weighted by molar-refractivity contribution is 0.423. The Hall–Kier alpha value is -2.09. The van der Waals surface area contributed by atoms with Gasteiger partial charge in [-0.3, -0.25) is 4.72 Å². The number of rotatable bonds is 3. The van der Waals surface area contributed by atoms with Gasteiger partial charge in [0.15, 0.2) is 5.82 Å². The van der Waals surface area contributed by atoms with E-state index in [0.717, 1.165) is 0 Å². The molecule has 2 rings (SSSR count). The van der Waals surface area contributed by atoms with Crippen LogP contribution in [0.15, 0.2) is 40.1 Å². The second-order valence-electron chi connectivity index (χ2n) is 2.91. The molecule has 0 atom stereocenters. The summed E-state index contributed by atoms with van der Waals surface area (Å²) in [6.07, 6.45) is 2.57. The quantitative estimate of drug-likeness (QED) is 0.805. The van der Waals surface area contributed by atoms with Crippen molar-refractivity contribution in [2.45, 2.75) is 4.90 Å². The zero-order chi connectivity index (χ0) is 11.6. The van der Waals surface area contributed by atoms with Crippen molar-refractivity contribution in [3.05, 3.63) is 30.7 Å². The molecule has 2 aromatic heterocycles. The zero-order valence-corrected chi connectivity index (χ0v) is 8.81. The summed E-state index contributed by atoms with van der Waals surface area (Å²) in [5.41, 5.74) is 5.39. The molecule has 8 heteroatoms. The molecule has 2 heterocycles. The van der Waals surface area contributed by atoms with Crippen molar-refractivity contribution in [3.63, 3.8) is 0 Å². The van der Waals surface area contributed by atoms with Crippen molar-refractivity contribution in [3.8, 4) is 0 Å². The molecule has 0 spiro atoms. The molecule has 0 aliphatic heterocycles. The van der Waals surface area contributed by atoms with E-state index in [2.05, 4.69) is 19.4 Å². The Morgan fingerprint density at radius 1 is 1.38 bits per heavy atom. The van der Waals surface area contributed by atoms with E-state index >= 15 is 0 Å². The number of nitrogens with two attached hydrogens (primary N) is 1. The number of hydrogen-bond donors (Lipinski definition) is 2. The number of nitrogens with one attached hydrogen (secondary N) is 1. The van der Waals surface area contributed by atoms with E-state index in [1.165, 1.54) is 30.7 Å². The predicted octanol–water partition coefficient (Wildman–Crippen LogP) is 0.453. The van der Waals surface area contributed by atoms with Crippen molar-refractivity contribution in [1.82, 2.24) is 10.1 Å². The molecule has 0 radical (unpaired) electrons. The topological polar surface area (TPSA) is 111 Å². The van der Waals surface area contributed by atoms with Crippen LogP contribution in [-0.2, 0) is 10.0 Å². The van der Waals surface area contributed by atoms with Crippen LogP contribution in [0.25, 0.3) is 0 Å². The number of nitrogens with zero attached hydrogens (tertiary/aromatic N) is 2. The summed E-state index contributed by atoms with van der Waals surface area (Å²) in [4.78, 5) is 3.72. The Balaban J connectivity index is 2.33. The van der Waals surface area contributed by atoms with Crippen LogP contribution < -0.4 is 10.5 Å². The van der Waals surface area contributed by atoms with E-state index < -0.39 is 10.0 Å². The highest BCUT2D eigenvalue weighted by atomic mass is 32.2. The molecule has 3 N–H and O–H groups in total. The molecule has 0 aromatic carbocycles. The van der Waals surface area contributed by atoms with E-state index in [4.69, 9.17) is 5.73 Å². The number of hydrogen-bond acceptors (Lipinski definition) is 6. The predicted molar refractivity (Wildman–Crippen MR) is 56.0 cm³/mol. The summed E-state index contributed by atoms with van der Waals surface area (Å²) < 4.78 is 30.3. The first kappa shape index (κ1) is 10.4. The molecule has 0 fully saturated rings. The molecule has 0 aliphatic rings. The van der Waals surface area contributed by atoms with E-state index in [0.29, 0.717) is 0 Å². The maximum absolute atomic E-state index is 11.8. The lowest BCUT2D eigenvalue weighted by Gasteiger charge is -2.04. The molecule has 0 bridgehead atoms. The van der Waals surface area contributed by atoms with Gasteiger partial charge in [-0.25, -0.2) is 13.4 Å².